The van der Waals surface area contributed by atoms with E-state index in [1.54, 1.807) is 0 Å². The highest BCUT2D eigenvalue weighted by molar-refractivity contribution is 5.89. The molecule has 0 atom stereocenters. The quantitative estimate of drug-likeness (QED) is 0.654. The first-order chi connectivity index (χ1) is 7.86. The number of alkyl halides is 3. The Morgan fingerprint density at radius 1 is 1.47 bits per heavy atom. The van der Waals surface area contributed by atoms with E-state index >= 15 is 0 Å². The lowest BCUT2D eigenvalue weighted by Crippen LogP contribution is -2.09. The second kappa shape index (κ2) is 4.95. The summed E-state index contributed by atoms with van der Waals surface area (Å²) in [7, 11) is 0. The van der Waals surface area contributed by atoms with Crippen LogP contribution in [0.1, 0.15) is 28.8 Å². The third-order valence-electron chi connectivity index (χ3n) is 2.15. The Labute approximate surface area is 95.9 Å². The minimum Gasteiger partial charge on any atom is -0.478 e. The Morgan fingerprint density at radius 3 is 2.53 bits per heavy atom. The number of nitrogens with zero attached hydrogens (tertiary/aromatic N) is 1. The van der Waals surface area contributed by atoms with Crippen molar-refractivity contribution in [3.8, 4) is 12.3 Å². The number of aromatic nitrogens is 1. The summed E-state index contributed by atoms with van der Waals surface area (Å²) in [4.78, 5) is 10.7. The molecule has 6 heteroatoms. The van der Waals surface area contributed by atoms with E-state index in [-0.39, 0.29) is 6.54 Å². The molecule has 0 unspecified atom stereocenters. The number of rotatable bonds is 4. The molecule has 0 radical (unpaired) electrons. The molecule has 0 saturated carbocycles. The van der Waals surface area contributed by atoms with Gasteiger partial charge in [0, 0.05) is 25.4 Å². The number of unbranched alkanes of at least 4 members (excludes halogenated alkanes) is 1. The van der Waals surface area contributed by atoms with E-state index in [2.05, 4.69) is 5.92 Å². The number of carbonyl (C=O) groups is 1. The van der Waals surface area contributed by atoms with Crippen molar-refractivity contribution in [1.82, 2.24) is 4.57 Å². The van der Waals surface area contributed by atoms with Crippen LogP contribution in [0, 0.1) is 12.3 Å². The van der Waals surface area contributed by atoms with Gasteiger partial charge >= 0.3 is 12.1 Å². The summed E-state index contributed by atoms with van der Waals surface area (Å²) in [5, 5.41) is 8.67. The zero-order valence-corrected chi connectivity index (χ0v) is 8.79. The first-order valence-corrected chi connectivity index (χ1v) is 4.80. The van der Waals surface area contributed by atoms with E-state index in [1.165, 1.54) is 4.57 Å². The Morgan fingerprint density at radius 2 is 2.12 bits per heavy atom. The maximum absolute atomic E-state index is 12.5. The Hall–Kier alpha value is -1.90. The van der Waals surface area contributed by atoms with Crippen LogP contribution in [0.25, 0.3) is 0 Å². The summed E-state index contributed by atoms with van der Waals surface area (Å²) in [6, 6.07) is 0. The van der Waals surface area contributed by atoms with Crippen molar-refractivity contribution in [2.45, 2.75) is 25.6 Å². The van der Waals surface area contributed by atoms with Crippen molar-refractivity contribution in [3.05, 3.63) is 23.5 Å². The topological polar surface area (TPSA) is 42.2 Å². The summed E-state index contributed by atoms with van der Waals surface area (Å²) in [6.07, 6.45) is 3.05. The van der Waals surface area contributed by atoms with Crippen molar-refractivity contribution >= 4 is 5.97 Å². The van der Waals surface area contributed by atoms with Crippen molar-refractivity contribution in [3.63, 3.8) is 0 Å². The van der Waals surface area contributed by atoms with E-state index < -0.39 is 23.3 Å². The average Bonchev–Trinajstić information content (AvgIpc) is 2.62. The highest BCUT2D eigenvalue weighted by Crippen LogP contribution is 2.32. The molecule has 0 amide bonds. The molecule has 1 heterocycles. The van der Waals surface area contributed by atoms with Gasteiger partial charge in [0.15, 0.2) is 0 Å². The van der Waals surface area contributed by atoms with E-state index in [0.29, 0.717) is 12.8 Å². The molecule has 0 spiro atoms. The zero-order valence-electron chi connectivity index (χ0n) is 8.79. The highest BCUT2D eigenvalue weighted by Gasteiger charge is 2.36. The second-order valence-corrected chi connectivity index (χ2v) is 3.43. The normalized spacial score (nSPS) is 11.2. The third kappa shape index (κ3) is 3.28. The fraction of sp³-hybridized carbons (Fsp3) is 0.364. The monoisotopic (exact) mass is 245 g/mol. The molecule has 0 aromatic carbocycles. The molecule has 1 rings (SSSR count). The second-order valence-electron chi connectivity index (χ2n) is 3.43. The summed E-state index contributed by atoms with van der Waals surface area (Å²) in [5.41, 5.74) is -1.87. The van der Waals surface area contributed by atoms with Gasteiger partial charge in [0.25, 0.3) is 0 Å². The minimum absolute atomic E-state index is 0.264. The van der Waals surface area contributed by atoms with E-state index in [4.69, 9.17) is 11.5 Å². The number of halogens is 3. The van der Waals surface area contributed by atoms with Crippen LogP contribution < -0.4 is 0 Å². The average molecular weight is 245 g/mol. The summed E-state index contributed by atoms with van der Waals surface area (Å²) in [5.74, 6) is 0.771. The highest BCUT2D eigenvalue weighted by atomic mass is 19.4. The van der Waals surface area contributed by atoms with Crippen molar-refractivity contribution in [1.29, 1.82) is 0 Å². The van der Waals surface area contributed by atoms with E-state index in [1.807, 2.05) is 0 Å². The fourth-order valence-corrected chi connectivity index (χ4v) is 1.40. The van der Waals surface area contributed by atoms with Crippen LogP contribution in [0.4, 0.5) is 13.2 Å². The predicted molar refractivity (Wildman–Crippen MR) is 54.5 cm³/mol. The lowest BCUT2D eigenvalue weighted by atomic mass is 10.2. The van der Waals surface area contributed by atoms with Crippen LogP contribution in [-0.2, 0) is 12.7 Å². The largest absolute Gasteiger partial charge is 0.478 e. The predicted octanol–water partition coefficient (Wildman–Crippen LogP) is 2.62. The first kappa shape index (κ1) is 13.2. The SMILES string of the molecule is C#CCCCn1cc(C(=O)O)c(C(F)(F)F)c1. The number of carboxylic acid groups (broad SMARTS) is 1. The molecule has 1 aromatic heterocycles. The first-order valence-electron chi connectivity index (χ1n) is 4.80. The van der Waals surface area contributed by atoms with Crippen molar-refractivity contribution in [2.75, 3.05) is 0 Å². The smallest absolute Gasteiger partial charge is 0.418 e. The number of terminal acetylenes is 1. The molecule has 1 aromatic rings. The summed E-state index contributed by atoms with van der Waals surface area (Å²) in [6.45, 7) is 0.264. The van der Waals surface area contributed by atoms with E-state index in [0.717, 1.165) is 12.4 Å². The Bertz CT molecular complexity index is 454. The number of carboxylic acids is 1. The van der Waals surface area contributed by atoms with Gasteiger partial charge in [0.2, 0.25) is 0 Å². The van der Waals surface area contributed by atoms with Crippen LogP contribution in [0.3, 0.4) is 0 Å². The molecule has 3 nitrogen and oxygen atoms in total. The molecule has 0 aliphatic heterocycles. The van der Waals surface area contributed by atoms with Crippen LogP contribution >= 0.6 is 0 Å². The Kier molecular flexibility index (Phi) is 3.84. The van der Waals surface area contributed by atoms with Gasteiger partial charge < -0.3 is 9.67 Å². The van der Waals surface area contributed by atoms with Gasteiger partial charge in [0.1, 0.15) is 0 Å². The van der Waals surface area contributed by atoms with E-state index in [9.17, 15) is 18.0 Å². The maximum Gasteiger partial charge on any atom is 0.418 e. The molecule has 0 saturated heterocycles. The van der Waals surface area contributed by atoms with Gasteiger partial charge in [-0.25, -0.2) is 4.79 Å². The maximum atomic E-state index is 12.5. The van der Waals surface area contributed by atoms with Gasteiger partial charge in [-0.1, -0.05) is 0 Å². The Balaban J connectivity index is 2.97. The summed E-state index contributed by atoms with van der Waals surface area (Å²) < 4.78 is 38.7. The van der Waals surface area contributed by atoms with Crippen LogP contribution in [0.15, 0.2) is 12.4 Å². The number of aromatic carboxylic acids is 1. The molecule has 17 heavy (non-hydrogen) atoms. The fourth-order valence-electron chi connectivity index (χ4n) is 1.40. The number of hydrogen-bond acceptors (Lipinski definition) is 1. The number of aryl methyl sites for hydroxylation is 1. The van der Waals surface area contributed by atoms with Crippen LogP contribution in [0.2, 0.25) is 0 Å². The van der Waals surface area contributed by atoms with Gasteiger partial charge in [-0.2, -0.15) is 13.2 Å². The van der Waals surface area contributed by atoms with Crippen molar-refractivity contribution < 1.29 is 23.1 Å². The van der Waals surface area contributed by atoms with Crippen LogP contribution in [0.5, 0.6) is 0 Å². The molecular formula is C11H10F3NO2. The minimum atomic E-state index is -4.66. The molecule has 0 bridgehead atoms. The van der Waals surface area contributed by atoms with Gasteiger partial charge in [-0.05, 0) is 6.42 Å². The van der Waals surface area contributed by atoms with Gasteiger partial charge in [0.05, 0.1) is 11.1 Å². The van der Waals surface area contributed by atoms with Gasteiger partial charge in [-0.3, -0.25) is 0 Å². The zero-order chi connectivity index (χ0) is 13.1. The van der Waals surface area contributed by atoms with Crippen molar-refractivity contribution in [2.24, 2.45) is 0 Å². The molecule has 1 N–H and O–H groups in total. The summed E-state index contributed by atoms with van der Waals surface area (Å²) >= 11 is 0. The standard InChI is InChI=1S/C11H10F3NO2/c1-2-3-4-5-15-6-8(10(16)17)9(7-15)11(12,13)14/h1,6-7H,3-5H2,(H,16,17). The molecular weight excluding hydrogens is 235 g/mol. The lowest BCUT2D eigenvalue weighted by Gasteiger charge is -2.04. The lowest BCUT2D eigenvalue weighted by molar-refractivity contribution is -0.138. The third-order valence-corrected chi connectivity index (χ3v) is 2.15. The molecule has 0 aliphatic rings. The number of hydrogen-bond donors (Lipinski definition) is 1. The molecule has 0 aliphatic carbocycles. The van der Waals surface area contributed by atoms with Gasteiger partial charge in [-0.15, -0.1) is 12.3 Å². The molecule has 92 valence electrons. The van der Waals surface area contributed by atoms with Crippen LogP contribution in [-0.4, -0.2) is 15.6 Å². The molecule has 0 fully saturated rings.